The van der Waals surface area contributed by atoms with Crippen LogP contribution in [0, 0.1) is 0 Å². The molecule has 0 unspecified atom stereocenters. The summed E-state index contributed by atoms with van der Waals surface area (Å²) < 4.78 is 23.3. The Labute approximate surface area is 323 Å². The second-order valence-electron chi connectivity index (χ2n) is 12.7. The van der Waals surface area contributed by atoms with Gasteiger partial charge in [-0.1, -0.05) is 72.3 Å². The fourth-order valence-electron chi connectivity index (χ4n) is 5.82. The molecule has 4 aromatic rings. The van der Waals surface area contributed by atoms with Crippen LogP contribution in [0.25, 0.3) is 10.9 Å². The van der Waals surface area contributed by atoms with Crippen LogP contribution < -0.4 is 38.2 Å². The number of carbonyl (C=O) groups is 4. The number of nitrogens with one attached hydrogen (secondary N) is 5. The Bertz CT molecular complexity index is 1980. The van der Waals surface area contributed by atoms with Crippen molar-refractivity contribution in [3.63, 3.8) is 0 Å². The van der Waals surface area contributed by atoms with E-state index >= 15 is 0 Å². The van der Waals surface area contributed by atoms with Crippen LogP contribution in [-0.2, 0) is 52.1 Å². The quantitative estimate of drug-likeness (QED) is 0.0264. The Kier molecular flexibility index (Phi) is 15.8. The van der Waals surface area contributed by atoms with Crippen molar-refractivity contribution in [2.24, 2.45) is 22.2 Å². The predicted octanol–water partition coefficient (Wildman–Crippen LogP) is 2.20. The average Bonchev–Trinajstić information content (AvgIpc) is 3.58. The predicted molar refractivity (Wildman–Crippen MR) is 211 cm³/mol. The van der Waals surface area contributed by atoms with Crippen molar-refractivity contribution in [2.45, 2.75) is 56.3 Å². The van der Waals surface area contributed by atoms with Gasteiger partial charge in [0.1, 0.15) is 24.2 Å². The number of benzene rings is 3. The number of fused-ring (bicyclic) bond motifs is 1. The largest absolute Gasteiger partial charge is 0.405 e. The summed E-state index contributed by atoms with van der Waals surface area (Å²) in [7, 11) is -1.61. The standard InChI is InChI=1S/C37H47ClN9O7P/c1-53-55(52,54-2)47-32(20-24-14-16-26(38)17-15-24)36(51)46-31(19-23-9-4-3-5-10-23)35(50)44-29(13-8-18-42-37(40)41)34(49)45-30(33(39)48)21-25-22-43-28-12-7-6-11-27(25)28/h3-7,9-12,14-17,22,29-32,43H,8,13,18-21H2,1-2H3,(H2,39,48)(H,44,50)(H,45,49)(H,46,51)(H,47,52)(H4,40,41,42)/t29-,30-,31-,32-/m0/s1. The summed E-state index contributed by atoms with van der Waals surface area (Å²) in [5.74, 6) is -3.02. The van der Waals surface area contributed by atoms with Gasteiger partial charge in [-0.3, -0.25) is 24.2 Å². The van der Waals surface area contributed by atoms with Crippen molar-refractivity contribution in [3.8, 4) is 0 Å². The van der Waals surface area contributed by atoms with E-state index in [9.17, 15) is 23.7 Å². The minimum Gasteiger partial charge on any atom is -0.370 e. The number of H-pyrrole nitrogens is 1. The topological polar surface area (TPSA) is 258 Å². The molecule has 0 fully saturated rings. The van der Waals surface area contributed by atoms with Crippen molar-refractivity contribution in [1.29, 1.82) is 0 Å². The Hall–Kier alpha value is -5.25. The molecular formula is C37H47ClN9O7P. The third kappa shape index (κ3) is 12.9. The molecular weight excluding hydrogens is 749 g/mol. The van der Waals surface area contributed by atoms with Crippen LogP contribution in [0.5, 0.6) is 0 Å². The number of amides is 4. The zero-order valence-electron chi connectivity index (χ0n) is 30.5. The lowest BCUT2D eigenvalue weighted by Gasteiger charge is -2.27. The van der Waals surface area contributed by atoms with Gasteiger partial charge in [-0.15, -0.1) is 0 Å². The lowest BCUT2D eigenvalue weighted by Crippen LogP contribution is -2.58. The van der Waals surface area contributed by atoms with E-state index in [0.29, 0.717) is 16.1 Å². The zero-order valence-corrected chi connectivity index (χ0v) is 32.1. The minimum atomic E-state index is -3.95. The lowest BCUT2D eigenvalue weighted by atomic mass is 10.0. The molecule has 0 spiro atoms. The number of rotatable bonds is 21. The number of primary amides is 1. The summed E-state index contributed by atoms with van der Waals surface area (Å²) in [5, 5.41) is 12.2. The first-order valence-electron chi connectivity index (χ1n) is 17.4. The maximum absolute atomic E-state index is 14.2. The Morgan fingerprint density at radius 1 is 0.745 bits per heavy atom. The van der Waals surface area contributed by atoms with Crippen molar-refractivity contribution in [2.75, 3.05) is 20.8 Å². The molecule has 0 saturated heterocycles. The Morgan fingerprint density at radius 2 is 1.31 bits per heavy atom. The van der Waals surface area contributed by atoms with E-state index in [2.05, 4.69) is 31.0 Å². The van der Waals surface area contributed by atoms with Crippen LogP contribution in [0.2, 0.25) is 5.02 Å². The smallest absolute Gasteiger partial charge is 0.370 e. The molecule has 0 aliphatic heterocycles. The van der Waals surface area contributed by atoms with Crippen molar-refractivity contribution >= 4 is 59.8 Å². The molecule has 1 aromatic heterocycles. The van der Waals surface area contributed by atoms with Crippen molar-refractivity contribution < 1.29 is 32.8 Å². The molecule has 16 nitrogen and oxygen atoms in total. The Balaban J connectivity index is 1.60. The van der Waals surface area contributed by atoms with E-state index in [1.807, 2.05) is 24.3 Å². The highest BCUT2D eigenvalue weighted by molar-refractivity contribution is 7.51. The van der Waals surface area contributed by atoms with Crippen LogP contribution in [0.15, 0.2) is 90.1 Å². The molecule has 4 amide bonds. The molecule has 0 aliphatic carbocycles. The van der Waals surface area contributed by atoms with E-state index in [4.69, 9.17) is 37.8 Å². The van der Waals surface area contributed by atoms with Gasteiger partial charge in [0.25, 0.3) is 0 Å². The summed E-state index contributed by atoms with van der Waals surface area (Å²) in [4.78, 5) is 61.8. The fourth-order valence-corrected chi connectivity index (χ4v) is 6.89. The first kappa shape index (κ1) is 42.5. The molecule has 0 saturated carbocycles. The van der Waals surface area contributed by atoms with Crippen molar-refractivity contribution in [1.82, 2.24) is 26.0 Å². The molecule has 4 atom stereocenters. The summed E-state index contributed by atoms with van der Waals surface area (Å²) >= 11 is 6.06. The highest BCUT2D eigenvalue weighted by Gasteiger charge is 2.34. The maximum atomic E-state index is 14.2. The monoisotopic (exact) mass is 795 g/mol. The van der Waals surface area contributed by atoms with Gasteiger partial charge in [-0.05, 0) is 54.2 Å². The van der Waals surface area contributed by atoms with Crippen LogP contribution in [0.4, 0.5) is 0 Å². The summed E-state index contributed by atoms with van der Waals surface area (Å²) in [6.45, 7) is 0.151. The van der Waals surface area contributed by atoms with Crippen molar-refractivity contribution in [3.05, 3.63) is 107 Å². The highest BCUT2D eigenvalue weighted by atomic mass is 35.5. The van der Waals surface area contributed by atoms with Gasteiger partial charge in [0, 0.05) is 55.7 Å². The number of halogens is 1. The number of nitrogens with two attached hydrogens (primary N) is 3. The van der Waals surface area contributed by atoms with Crippen LogP contribution in [0.3, 0.4) is 0 Å². The number of nitrogens with zero attached hydrogens (tertiary/aromatic N) is 1. The number of para-hydroxylation sites is 1. The third-order valence-corrected chi connectivity index (χ3v) is 10.6. The van der Waals surface area contributed by atoms with Gasteiger partial charge >= 0.3 is 7.75 Å². The average molecular weight is 796 g/mol. The van der Waals surface area contributed by atoms with E-state index < -0.39 is 55.5 Å². The SMILES string of the molecule is COP(=O)(N[C@@H](Cc1ccc(Cl)cc1)C(=O)N[C@@H](Cc1ccccc1)C(=O)N[C@@H](CCCN=C(N)N)C(=O)N[C@@H](Cc1c[nH]c2ccccc12)C(N)=O)OC. The molecule has 0 aliphatic rings. The van der Waals surface area contributed by atoms with Gasteiger partial charge in [0.2, 0.25) is 23.6 Å². The number of carbonyl (C=O) groups excluding carboxylic acids is 4. The van der Waals surface area contributed by atoms with Crippen LogP contribution >= 0.6 is 19.3 Å². The molecule has 0 radical (unpaired) electrons. The van der Waals surface area contributed by atoms with E-state index in [-0.39, 0.29) is 44.6 Å². The number of guanidine groups is 1. The van der Waals surface area contributed by atoms with E-state index in [1.165, 1.54) is 14.2 Å². The molecule has 1 heterocycles. The Morgan fingerprint density at radius 3 is 1.96 bits per heavy atom. The van der Waals surface area contributed by atoms with Gasteiger partial charge in [0.15, 0.2) is 5.96 Å². The molecule has 55 heavy (non-hydrogen) atoms. The number of hydrogen-bond donors (Lipinski definition) is 8. The first-order valence-corrected chi connectivity index (χ1v) is 19.3. The molecule has 294 valence electrons. The summed E-state index contributed by atoms with van der Waals surface area (Å²) in [6.07, 6.45) is 2.19. The van der Waals surface area contributed by atoms with E-state index in [0.717, 1.165) is 16.5 Å². The second-order valence-corrected chi connectivity index (χ2v) is 15.1. The van der Waals surface area contributed by atoms with Gasteiger partial charge in [-0.25, -0.2) is 9.65 Å². The summed E-state index contributed by atoms with van der Waals surface area (Å²) in [5.41, 5.74) is 19.7. The van der Waals surface area contributed by atoms with Gasteiger partial charge < -0.3 is 47.2 Å². The second kappa shape index (κ2) is 20.4. The molecule has 3 aromatic carbocycles. The molecule has 11 N–H and O–H groups in total. The molecule has 18 heteroatoms. The number of hydrogen-bond acceptors (Lipinski definition) is 8. The number of aromatic amines is 1. The van der Waals surface area contributed by atoms with Gasteiger partial charge in [0.05, 0.1) is 0 Å². The minimum absolute atomic E-state index is 0.0140. The maximum Gasteiger partial charge on any atom is 0.405 e. The van der Waals surface area contributed by atoms with Crippen LogP contribution in [0.1, 0.15) is 29.5 Å². The lowest BCUT2D eigenvalue weighted by molar-refractivity contribution is -0.133. The number of aliphatic imine (C=N–C) groups is 1. The summed E-state index contributed by atoms with van der Waals surface area (Å²) in [6, 6.07) is 18.3. The zero-order chi connectivity index (χ0) is 40.0. The van der Waals surface area contributed by atoms with Crippen LogP contribution in [-0.4, -0.2) is 79.5 Å². The molecule has 4 rings (SSSR count). The highest BCUT2D eigenvalue weighted by Crippen LogP contribution is 2.42. The van der Waals surface area contributed by atoms with E-state index in [1.54, 1.807) is 60.8 Å². The number of aromatic nitrogens is 1. The molecule has 0 bridgehead atoms. The first-order chi connectivity index (χ1) is 26.3. The fraction of sp³-hybridized carbons (Fsp3) is 0.324. The van der Waals surface area contributed by atoms with Gasteiger partial charge in [-0.2, -0.15) is 0 Å². The normalized spacial score (nSPS) is 13.6. The third-order valence-electron chi connectivity index (χ3n) is 8.72.